The number of pyridine rings is 1. The van der Waals surface area contributed by atoms with Gasteiger partial charge in [-0.1, -0.05) is 54.8 Å². The Kier molecular flexibility index (Phi) is 5.11. The van der Waals surface area contributed by atoms with Crippen molar-refractivity contribution in [1.82, 2.24) is 25.7 Å². The highest BCUT2D eigenvalue weighted by molar-refractivity contribution is 5.77. The SMILES string of the molecule is Nc1cc(C(CCN[C]2CCCCC2)c2ccccc2)c2nn[nH]c2n1. The summed E-state index contributed by atoms with van der Waals surface area (Å²) in [6.07, 6.45) is 7.38. The zero-order chi connectivity index (χ0) is 17.8. The summed E-state index contributed by atoms with van der Waals surface area (Å²) in [4.78, 5) is 4.30. The largest absolute Gasteiger partial charge is 0.384 e. The molecule has 1 aliphatic rings. The monoisotopic (exact) mass is 349 g/mol. The third-order valence-electron chi connectivity index (χ3n) is 5.19. The molecule has 1 radical (unpaired) electrons. The number of hydrogen-bond acceptors (Lipinski definition) is 5. The van der Waals surface area contributed by atoms with Crippen molar-refractivity contribution >= 4 is 17.0 Å². The van der Waals surface area contributed by atoms with Crippen molar-refractivity contribution in [3.63, 3.8) is 0 Å². The van der Waals surface area contributed by atoms with Gasteiger partial charge in [-0.15, -0.1) is 5.10 Å². The highest BCUT2D eigenvalue weighted by Crippen LogP contribution is 2.32. The van der Waals surface area contributed by atoms with Gasteiger partial charge < -0.3 is 11.1 Å². The molecule has 0 spiro atoms. The molecule has 2 heterocycles. The molecule has 26 heavy (non-hydrogen) atoms. The lowest BCUT2D eigenvalue weighted by molar-refractivity contribution is 0.465. The Hall–Kier alpha value is -2.47. The highest BCUT2D eigenvalue weighted by atomic mass is 15.3. The molecule has 1 atom stereocenters. The Balaban J connectivity index is 1.59. The molecule has 0 bridgehead atoms. The summed E-state index contributed by atoms with van der Waals surface area (Å²) in [6.45, 7) is 0.941. The van der Waals surface area contributed by atoms with Gasteiger partial charge in [0.15, 0.2) is 5.65 Å². The highest BCUT2D eigenvalue weighted by Gasteiger charge is 2.21. The number of nitrogens with one attached hydrogen (secondary N) is 2. The van der Waals surface area contributed by atoms with Gasteiger partial charge >= 0.3 is 0 Å². The van der Waals surface area contributed by atoms with Gasteiger partial charge in [0.25, 0.3) is 0 Å². The van der Waals surface area contributed by atoms with Crippen molar-refractivity contribution in [3.8, 4) is 0 Å². The van der Waals surface area contributed by atoms with Crippen LogP contribution in [-0.4, -0.2) is 26.9 Å². The normalized spacial score (nSPS) is 16.8. The summed E-state index contributed by atoms with van der Waals surface area (Å²) in [6, 6.07) is 14.0. The third kappa shape index (κ3) is 3.70. The van der Waals surface area contributed by atoms with Crippen LogP contribution in [0.15, 0.2) is 36.4 Å². The van der Waals surface area contributed by atoms with Gasteiger partial charge in [0.1, 0.15) is 11.3 Å². The molecule has 1 saturated carbocycles. The second kappa shape index (κ2) is 7.83. The fraction of sp³-hybridized carbons (Fsp3) is 0.400. The number of nitrogen functional groups attached to an aromatic ring is 1. The van der Waals surface area contributed by atoms with Crippen LogP contribution in [0.3, 0.4) is 0 Å². The lowest BCUT2D eigenvalue weighted by atomic mass is 9.88. The van der Waals surface area contributed by atoms with Crippen molar-refractivity contribution in [1.29, 1.82) is 0 Å². The van der Waals surface area contributed by atoms with Crippen LogP contribution in [0.5, 0.6) is 0 Å². The van der Waals surface area contributed by atoms with Crippen molar-refractivity contribution in [2.45, 2.75) is 44.4 Å². The Morgan fingerprint density at radius 3 is 2.73 bits per heavy atom. The topological polar surface area (TPSA) is 92.5 Å². The number of aromatic nitrogens is 4. The Bertz CT molecular complexity index is 838. The van der Waals surface area contributed by atoms with Crippen LogP contribution in [0.4, 0.5) is 5.82 Å². The van der Waals surface area contributed by atoms with Crippen LogP contribution in [-0.2, 0) is 0 Å². The first-order valence-corrected chi connectivity index (χ1v) is 9.42. The van der Waals surface area contributed by atoms with Crippen LogP contribution >= 0.6 is 0 Å². The van der Waals surface area contributed by atoms with Crippen molar-refractivity contribution in [3.05, 3.63) is 53.6 Å². The molecular formula is C20H25N6. The minimum absolute atomic E-state index is 0.200. The Morgan fingerprint density at radius 2 is 1.92 bits per heavy atom. The first-order chi connectivity index (χ1) is 12.8. The van der Waals surface area contributed by atoms with Gasteiger partial charge in [0.2, 0.25) is 0 Å². The smallest absolute Gasteiger partial charge is 0.178 e. The molecule has 1 unspecified atom stereocenters. The molecular weight excluding hydrogens is 324 g/mol. The van der Waals surface area contributed by atoms with E-state index in [1.54, 1.807) is 0 Å². The van der Waals surface area contributed by atoms with E-state index in [1.807, 2.05) is 12.1 Å². The molecule has 6 nitrogen and oxygen atoms in total. The lowest BCUT2D eigenvalue weighted by Crippen LogP contribution is -2.25. The van der Waals surface area contributed by atoms with Gasteiger partial charge in [-0.2, -0.15) is 0 Å². The maximum atomic E-state index is 6.04. The summed E-state index contributed by atoms with van der Waals surface area (Å²) < 4.78 is 0. The van der Waals surface area contributed by atoms with Gasteiger partial charge in [-0.3, -0.25) is 0 Å². The summed E-state index contributed by atoms with van der Waals surface area (Å²) in [5, 5.41) is 14.7. The number of rotatable bonds is 6. The first-order valence-electron chi connectivity index (χ1n) is 9.42. The van der Waals surface area contributed by atoms with Crippen molar-refractivity contribution in [2.24, 2.45) is 0 Å². The predicted molar refractivity (Wildman–Crippen MR) is 103 cm³/mol. The molecule has 2 aromatic heterocycles. The van der Waals surface area contributed by atoms with Crippen molar-refractivity contribution in [2.75, 3.05) is 12.3 Å². The first kappa shape index (κ1) is 17.0. The summed E-state index contributed by atoms with van der Waals surface area (Å²) in [5.74, 6) is 0.694. The maximum absolute atomic E-state index is 6.04. The molecule has 6 heteroatoms. The molecule has 1 fully saturated rings. The molecule has 0 aliphatic heterocycles. The summed E-state index contributed by atoms with van der Waals surface area (Å²) in [5.41, 5.74) is 9.84. The van der Waals surface area contributed by atoms with Crippen LogP contribution in [0.1, 0.15) is 55.6 Å². The predicted octanol–water partition coefficient (Wildman–Crippen LogP) is 3.54. The fourth-order valence-electron chi connectivity index (χ4n) is 3.89. The molecule has 4 rings (SSSR count). The number of benzene rings is 1. The van der Waals surface area contributed by atoms with Gasteiger partial charge in [0, 0.05) is 12.0 Å². The molecule has 135 valence electrons. The van der Waals surface area contributed by atoms with E-state index in [-0.39, 0.29) is 5.92 Å². The zero-order valence-corrected chi connectivity index (χ0v) is 14.9. The van der Waals surface area contributed by atoms with E-state index in [1.165, 1.54) is 43.7 Å². The van der Waals surface area contributed by atoms with Crippen LogP contribution < -0.4 is 11.1 Å². The number of H-pyrrole nitrogens is 1. The number of fused-ring (bicyclic) bond motifs is 1. The van der Waals surface area contributed by atoms with Crippen molar-refractivity contribution < 1.29 is 0 Å². The second-order valence-electron chi connectivity index (χ2n) is 6.99. The van der Waals surface area contributed by atoms with Crippen LogP contribution in [0, 0.1) is 6.04 Å². The van der Waals surface area contributed by atoms with E-state index in [4.69, 9.17) is 5.73 Å². The number of anilines is 1. The van der Waals surface area contributed by atoms with E-state index in [0.717, 1.165) is 24.0 Å². The Morgan fingerprint density at radius 1 is 1.12 bits per heavy atom. The average molecular weight is 349 g/mol. The second-order valence-corrected chi connectivity index (χ2v) is 6.99. The summed E-state index contributed by atoms with van der Waals surface area (Å²) in [7, 11) is 0. The zero-order valence-electron chi connectivity index (χ0n) is 14.9. The number of aromatic amines is 1. The molecule has 1 aromatic carbocycles. The molecule has 0 saturated heterocycles. The van der Waals surface area contributed by atoms with E-state index in [9.17, 15) is 0 Å². The van der Waals surface area contributed by atoms with Gasteiger partial charge in [-0.25, -0.2) is 10.1 Å². The number of hydrogen-bond donors (Lipinski definition) is 3. The van der Waals surface area contributed by atoms with E-state index >= 15 is 0 Å². The lowest BCUT2D eigenvalue weighted by Gasteiger charge is -2.24. The molecule has 4 N–H and O–H groups in total. The minimum atomic E-state index is 0.200. The molecule has 3 aromatic rings. The Labute approximate surface area is 153 Å². The maximum Gasteiger partial charge on any atom is 0.178 e. The summed E-state index contributed by atoms with van der Waals surface area (Å²) >= 11 is 0. The standard InChI is InChI=1S/C20H25N6/c21-18-13-17(19-20(23-18)25-26-24-19)16(14-7-3-1-4-8-14)11-12-22-15-9-5-2-6-10-15/h1,3-4,7-8,13,16,22H,2,5-6,9-12H2,(H3,21,23,24,25,26). The number of nitrogens with two attached hydrogens (primary N) is 1. The fourth-order valence-corrected chi connectivity index (χ4v) is 3.89. The van der Waals surface area contributed by atoms with E-state index < -0.39 is 0 Å². The van der Waals surface area contributed by atoms with Gasteiger partial charge in [-0.05, 0) is 43.0 Å². The minimum Gasteiger partial charge on any atom is -0.384 e. The van der Waals surface area contributed by atoms with E-state index in [0.29, 0.717) is 11.5 Å². The third-order valence-corrected chi connectivity index (χ3v) is 5.19. The quantitative estimate of drug-likeness (QED) is 0.633. The molecule has 1 aliphatic carbocycles. The molecule has 0 amide bonds. The van der Waals surface area contributed by atoms with E-state index in [2.05, 4.69) is 50.0 Å². The van der Waals surface area contributed by atoms with Gasteiger partial charge in [0.05, 0.1) is 0 Å². The average Bonchev–Trinajstić information content (AvgIpc) is 3.15. The van der Waals surface area contributed by atoms with Crippen LogP contribution in [0.2, 0.25) is 0 Å². The van der Waals surface area contributed by atoms with Crippen LogP contribution in [0.25, 0.3) is 11.2 Å². The number of nitrogens with zero attached hydrogens (tertiary/aromatic N) is 3.